The third-order valence-corrected chi connectivity index (χ3v) is 11.6. The summed E-state index contributed by atoms with van der Waals surface area (Å²) in [6.45, 7) is 9.17. The molecule has 3 heteroatoms. The summed E-state index contributed by atoms with van der Waals surface area (Å²) in [5.41, 5.74) is 13.0. The number of nitrogens with zero attached hydrogens (tertiary/aromatic N) is 1. The first-order chi connectivity index (χ1) is 22.5. The van der Waals surface area contributed by atoms with Crippen LogP contribution in [0.2, 0.25) is 0 Å². The van der Waals surface area contributed by atoms with Gasteiger partial charge >= 0.3 is 259 Å². The maximum atomic E-state index is 6.84. The molecule has 2 aromatic heterocycles. The minimum absolute atomic E-state index is 0.151. The number of hydrogen-bond acceptors (Lipinski definition) is 2. The van der Waals surface area contributed by atoms with Gasteiger partial charge in [-0.1, -0.05) is 18.2 Å². The molecule has 0 amide bonds. The van der Waals surface area contributed by atoms with Crippen LogP contribution in [0, 0.1) is 0 Å². The van der Waals surface area contributed by atoms with Gasteiger partial charge in [0.1, 0.15) is 0 Å². The fourth-order valence-corrected chi connectivity index (χ4v) is 9.36. The van der Waals surface area contributed by atoms with Crippen LogP contribution in [0.5, 0.6) is 0 Å². The third-order valence-electron chi connectivity index (χ3n) is 9.07. The van der Waals surface area contributed by atoms with Gasteiger partial charge in [0.2, 0.25) is 0 Å². The normalized spacial score (nSPS) is 11.9. The molecule has 0 atom stereocenters. The van der Waals surface area contributed by atoms with E-state index in [-0.39, 0.29) is 14.5 Å². The molecule has 0 bridgehead atoms. The molecule has 2 nitrogen and oxygen atoms in total. The Balaban J connectivity index is 1.30. The van der Waals surface area contributed by atoms with E-state index in [1.54, 1.807) is 0 Å². The van der Waals surface area contributed by atoms with E-state index in [2.05, 4.69) is 155 Å². The summed E-state index contributed by atoms with van der Waals surface area (Å²) in [7, 11) is 0. The zero-order valence-electron chi connectivity index (χ0n) is 26.5. The average Bonchev–Trinajstić information content (AvgIpc) is 3.70. The van der Waals surface area contributed by atoms with Crippen molar-refractivity contribution < 1.29 is 4.42 Å². The average molecular weight is 661 g/mol. The van der Waals surface area contributed by atoms with Crippen LogP contribution in [0.3, 0.4) is 0 Å². The molecule has 0 saturated carbocycles. The van der Waals surface area contributed by atoms with Crippen LogP contribution in [-0.2, 0) is 0 Å². The van der Waals surface area contributed by atoms with E-state index < -0.39 is 0 Å². The molecule has 0 fully saturated rings. The van der Waals surface area contributed by atoms with Crippen molar-refractivity contribution in [1.29, 1.82) is 0 Å². The second kappa shape index (κ2) is 11.6. The summed E-state index contributed by atoms with van der Waals surface area (Å²) in [6.07, 6.45) is 0. The van der Waals surface area contributed by atoms with Crippen LogP contribution in [0.25, 0.3) is 75.2 Å². The van der Waals surface area contributed by atoms with Gasteiger partial charge in [-0.2, -0.15) is 0 Å². The molecule has 0 aliphatic rings. The first-order valence-electron chi connectivity index (χ1n) is 16.1. The molecule has 46 heavy (non-hydrogen) atoms. The van der Waals surface area contributed by atoms with Gasteiger partial charge in [-0.3, -0.25) is 0 Å². The Morgan fingerprint density at radius 3 is 1.85 bits per heavy atom. The predicted molar refractivity (Wildman–Crippen MR) is 196 cm³/mol. The van der Waals surface area contributed by atoms with Crippen molar-refractivity contribution in [2.24, 2.45) is 0 Å². The van der Waals surface area contributed by atoms with Gasteiger partial charge in [0, 0.05) is 0 Å². The van der Waals surface area contributed by atoms with Crippen LogP contribution >= 0.6 is 0 Å². The summed E-state index contributed by atoms with van der Waals surface area (Å²) in [4.78, 5) is 5.13. The number of oxazole rings is 1. The van der Waals surface area contributed by atoms with Gasteiger partial charge < -0.3 is 0 Å². The van der Waals surface area contributed by atoms with Crippen LogP contribution in [-0.4, -0.2) is 19.5 Å². The molecule has 2 heterocycles. The number of rotatable bonds is 6. The van der Waals surface area contributed by atoms with Crippen molar-refractivity contribution in [3.63, 3.8) is 0 Å². The Morgan fingerprint density at radius 1 is 0.543 bits per heavy atom. The van der Waals surface area contributed by atoms with E-state index in [4.69, 9.17) is 9.40 Å². The minimum atomic E-state index is 0.151. The van der Waals surface area contributed by atoms with E-state index in [0.29, 0.717) is 17.7 Å². The van der Waals surface area contributed by atoms with Crippen LogP contribution in [0.15, 0.2) is 132 Å². The zero-order chi connectivity index (χ0) is 31.4. The Labute approximate surface area is 276 Å². The molecule has 0 N–H and O–H groups in total. The molecular formula is C43H35NOSe. The van der Waals surface area contributed by atoms with Crippen molar-refractivity contribution in [2.45, 2.75) is 39.5 Å². The van der Waals surface area contributed by atoms with Gasteiger partial charge in [-0.05, 0) is 0 Å². The Kier molecular flexibility index (Phi) is 7.25. The fourth-order valence-electron chi connectivity index (χ4n) is 6.74. The number of fused-ring (bicyclic) bond motifs is 4. The maximum absolute atomic E-state index is 6.84. The van der Waals surface area contributed by atoms with Crippen molar-refractivity contribution in [2.75, 3.05) is 0 Å². The molecule has 0 radical (unpaired) electrons. The molecule has 0 saturated heterocycles. The van der Waals surface area contributed by atoms with E-state index in [1.807, 2.05) is 0 Å². The SMILES string of the molecule is CC(C)c1cc(-c2ccccc2)cc(C(C)C)c1-c1cccc2nc(-c3cccc4c3[se]c3cc(-c5ccccc5)ccc34)oc12. The number of hydrogen-bond donors (Lipinski definition) is 0. The standard InChI is InChI=1S/C43H35NOSe/c1-26(2)36-23-31(29-15-9-6-10-16-29)24-37(27(3)4)40(36)34-18-12-20-38-41(34)45-43(44-38)35-19-11-17-33-32-22-21-30(25-39(32)46-42(33)35)28-13-7-5-8-14-28/h5-27H,1-4H3. The Bertz CT molecular complexity index is 2330. The van der Waals surface area contributed by atoms with Crippen LogP contribution in [0.1, 0.15) is 50.7 Å². The van der Waals surface area contributed by atoms with Crippen molar-refractivity contribution in [3.05, 3.63) is 139 Å². The quantitative estimate of drug-likeness (QED) is 0.166. The van der Waals surface area contributed by atoms with E-state index in [9.17, 15) is 0 Å². The summed E-state index contributed by atoms with van der Waals surface area (Å²) < 4.78 is 9.60. The van der Waals surface area contributed by atoms with E-state index >= 15 is 0 Å². The van der Waals surface area contributed by atoms with E-state index in [1.165, 1.54) is 58.2 Å². The summed E-state index contributed by atoms with van der Waals surface area (Å²) in [5, 5.41) is 2.63. The first kappa shape index (κ1) is 28.8. The molecule has 8 aromatic rings. The van der Waals surface area contributed by atoms with Gasteiger partial charge in [0.25, 0.3) is 0 Å². The predicted octanol–water partition coefficient (Wildman–Crippen LogP) is 12.1. The van der Waals surface area contributed by atoms with Crippen molar-refractivity contribution >= 4 is 44.9 Å². The van der Waals surface area contributed by atoms with Gasteiger partial charge in [-0.15, -0.1) is 0 Å². The topological polar surface area (TPSA) is 26.0 Å². The number of benzene rings is 6. The second-order valence-corrected chi connectivity index (χ2v) is 14.9. The monoisotopic (exact) mass is 661 g/mol. The zero-order valence-corrected chi connectivity index (χ0v) is 28.3. The molecule has 0 aliphatic heterocycles. The molecule has 0 spiro atoms. The van der Waals surface area contributed by atoms with Crippen molar-refractivity contribution in [3.8, 4) is 44.8 Å². The molecule has 8 rings (SSSR count). The molecule has 6 aromatic carbocycles. The number of para-hydroxylation sites is 1. The van der Waals surface area contributed by atoms with Gasteiger partial charge in [0.15, 0.2) is 0 Å². The van der Waals surface area contributed by atoms with E-state index in [0.717, 1.165) is 22.2 Å². The van der Waals surface area contributed by atoms with Crippen LogP contribution in [0.4, 0.5) is 0 Å². The second-order valence-electron chi connectivity index (χ2n) is 12.7. The molecule has 0 aliphatic carbocycles. The Hall–Kier alpha value is -4.69. The third kappa shape index (κ3) is 4.92. The summed E-state index contributed by atoms with van der Waals surface area (Å²) in [6, 6.07) is 46.1. The van der Waals surface area contributed by atoms with Crippen LogP contribution < -0.4 is 0 Å². The van der Waals surface area contributed by atoms with Crippen molar-refractivity contribution in [1.82, 2.24) is 4.98 Å². The number of aromatic nitrogens is 1. The fraction of sp³-hybridized carbons (Fsp3) is 0.140. The van der Waals surface area contributed by atoms with Gasteiger partial charge in [0.05, 0.1) is 0 Å². The van der Waals surface area contributed by atoms with Gasteiger partial charge in [-0.25, -0.2) is 0 Å². The first-order valence-corrected chi connectivity index (χ1v) is 17.8. The summed E-state index contributed by atoms with van der Waals surface area (Å²) in [5.74, 6) is 1.39. The molecule has 0 unspecified atom stereocenters. The molecular weight excluding hydrogens is 625 g/mol. The Morgan fingerprint density at radius 2 is 1.17 bits per heavy atom. The molecule has 224 valence electrons. The summed E-state index contributed by atoms with van der Waals surface area (Å²) >= 11 is 0.151.